The van der Waals surface area contributed by atoms with Crippen molar-refractivity contribution in [2.45, 2.75) is 208 Å². The average molecular weight is 1090 g/mol. The average Bonchev–Trinajstić information content (AvgIpc) is 3.43. The number of phenolic OH excluding ortho intramolecular Hbond substituents is 2. The molecular formula is C61H87N3O14. The van der Waals surface area contributed by atoms with Gasteiger partial charge < -0.3 is 48.1 Å². The van der Waals surface area contributed by atoms with Crippen molar-refractivity contribution >= 4 is 23.9 Å². The summed E-state index contributed by atoms with van der Waals surface area (Å²) >= 11 is 0. The number of nitrogens with zero attached hydrogens (tertiary/aromatic N) is 3. The Hall–Kier alpha value is -6.65. The molecule has 0 aliphatic heterocycles. The van der Waals surface area contributed by atoms with Gasteiger partial charge in [-0.1, -0.05) is 105 Å². The second-order valence-corrected chi connectivity index (χ2v) is 19.2. The Kier molecular flexibility index (Phi) is 29.2. The number of carbonyl (C=O) groups is 4. The van der Waals surface area contributed by atoms with Crippen LogP contribution < -0.4 is 18.9 Å². The molecule has 0 saturated carbocycles. The number of hydrogen-bond donors (Lipinski definition) is 2. The summed E-state index contributed by atoms with van der Waals surface area (Å²) in [6, 6.07) is 13.9. The van der Waals surface area contributed by atoms with Gasteiger partial charge in [0.05, 0.1) is 43.1 Å². The Bertz CT molecular complexity index is 2350. The third-order valence-corrected chi connectivity index (χ3v) is 12.8. The van der Waals surface area contributed by atoms with Gasteiger partial charge in [-0.2, -0.15) is 0 Å². The van der Waals surface area contributed by atoms with Gasteiger partial charge >= 0.3 is 23.9 Å². The first-order chi connectivity index (χ1) is 37.8. The third kappa shape index (κ3) is 21.0. The molecule has 1 aromatic heterocycles. The molecule has 4 atom stereocenters. The van der Waals surface area contributed by atoms with Gasteiger partial charge in [0.2, 0.25) is 0 Å². The van der Waals surface area contributed by atoms with Crippen LogP contribution in [0.3, 0.4) is 0 Å². The van der Waals surface area contributed by atoms with Gasteiger partial charge in [0.15, 0.2) is 41.9 Å². The monoisotopic (exact) mass is 1090 g/mol. The summed E-state index contributed by atoms with van der Waals surface area (Å²) in [5.74, 6) is -1.94. The Morgan fingerprint density at radius 3 is 0.949 bits per heavy atom. The van der Waals surface area contributed by atoms with E-state index in [-0.39, 0.29) is 95.1 Å². The number of benzene rings is 3. The van der Waals surface area contributed by atoms with Crippen molar-refractivity contribution in [3.8, 4) is 68.7 Å². The summed E-state index contributed by atoms with van der Waals surface area (Å²) < 4.78 is 47.0. The lowest BCUT2D eigenvalue weighted by atomic mass is 10.1. The van der Waals surface area contributed by atoms with Crippen LogP contribution in [0.25, 0.3) is 34.2 Å². The predicted octanol–water partition coefficient (Wildman–Crippen LogP) is 13.4. The van der Waals surface area contributed by atoms with Crippen molar-refractivity contribution in [3.05, 3.63) is 54.6 Å². The first kappa shape index (κ1) is 63.9. The molecule has 2 N–H and O–H groups in total. The van der Waals surface area contributed by atoms with Gasteiger partial charge in [-0.15, -0.1) is 0 Å². The zero-order valence-corrected chi connectivity index (χ0v) is 47.6. The number of aromatic hydroxyl groups is 2. The molecule has 1 heterocycles. The second-order valence-electron chi connectivity index (χ2n) is 19.2. The van der Waals surface area contributed by atoms with Crippen LogP contribution in [-0.2, 0) is 38.1 Å². The van der Waals surface area contributed by atoms with Crippen LogP contribution in [0.1, 0.15) is 184 Å². The normalized spacial score (nSPS) is 12.7. The highest BCUT2D eigenvalue weighted by molar-refractivity contribution is 5.79. The van der Waals surface area contributed by atoms with Gasteiger partial charge in [-0.25, -0.2) is 34.1 Å². The lowest BCUT2D eigenvalue weighted by Gasteiger charge is -2.22. The van der Waals surface area contributed by atoms with Crippen molar-refractivity contribution < 1.29 is 67.3 Å². The summed E-state index contributed by atoms with van der Waals surface area (Å²) in [7, 11) is 0. The highest BCUT2D eigenvalue weighted by atomic mass is 16.6. The highest BCUT2D eigenvalue weighted by Gasteiger charge is 2.29. The molecule has 17 heteroatoms. The molecule has 78 heavy (non-hydrogen) atoms. The van der Waals surface area contributed by atoms with Gasteiger partial charge in [0.1, 0.15) is 34.5 Å². The van der Waals surface area contributed by atoms with Crippen molar-refractivity contribution in [2.24, 2.45) is 0 Å². The number of hydrogen-bond acceptors (Lipinski definition) is 17. The first-order valence-electron chi connectivity index (χ1n) is 28.7. The van der Waals surface area contributed by atoms with E-state index in [1.54, 1.807) is 70.2 Å². The number of esters is 4. The van der Waals surface area contributed by atoms with Crippen LogP contribution in [0.15, 0.2) is 54.6 Å². The largest absolute Gasteiger partial charge is 0.507 e. The Morgan fingerprint density at radius 1 is 0.372 bits per heavy atom. The van der Waals surface area contributed by atoms with Gasteiger partial charge in [0.25, 0.3) is 0 Å². The summed E-state index contributed by atoms with van der Waals surface area (Å²) in [6.45, 7) is 16.0. The zero-order valence-electron chi connectivity index (χ0n) is 47.6. The third-order valence-electron chi connectivity index (χ3n) is 12.8. The Labute approximate surface area is 462 Å². The van der Waals surface area contributed by atoms with E-state index in [1.807, 2.05) is 0 Å². The topological polar surface area (TPSA) is 221 Å². The Morgan fingerprint density at radius 2 is 0.654 bits per heavy atom. The van der Waals surface area contributed by atoms with Crippen LogP contribution in [-0.4, -0.2) is 99.9 Å². The summed E-state index contributed by atoms with van der Waals surface area (Å²) in [4.78, 5) is 67.7. The van der Waals surface area contributed by atoms with Crippen LogP contribution in [0.2, 0.25) is 0 Å². The van der Waals surface area contributed by atoms with Crippen LogP contribution in [0, 0.1) is 0 Å². The fourth-order valence-corrected chi connectivity index (χ4v) is 8.66. The molecule has 0 radical (unpaired) electrons. The first-order valence-corrected chi connectivity index (χ1v) is 28.7. The second kappa shape index (κ2) is 35.7. The maximum atomic E-state index is 13.7. The minimum atomic E-state index is -1.06. The van der Waals surface area contributed by atoms with E-state index in [2.05, 4.69) is 27.7 Å². The highest BCUT2D eigenvalue weighted by Crippen LogP contribution is 2.40. The fraction of sp³-hybridized carbons (Fsp3) is 0.590. The van der Waals surface area contributed by atoms with E-state index in [1.165, 1.54) is 12.1 Å². The minimum Gasteiger partial charge on any atom is -0.507 e. The van der Waals surface area contributed by atoms with Crippen LogP contribution in [0.4, 0.5) is 0 Å². The molecule has 0 aliphatic carbocycles. The summed E-state index contributed by atoms with van der Waals surface area (Å²) in [5, 5.41) is 23.6. The van der Waals surface area contributed by atoms with E-state index >= 15 is 0 Å². The van der Waals surface area contributed by atoms with E-state index in [0.29, 0.717) is 32.1 Å². The van der Waals surface area contributed by atoms with Crippen LogP contribution >= 0.6 is 0 Å². The predicted molar refractivity (Wildman–Crippen MR) is 299 cm³/mol. The molecule has 0 amide bonds. The molecule has 0 spiro atoms. The van der Waals surface area contributed by atoms with Crippen molar-refractivity contribution in [1.29, 1.82) is 0 Å². The number of aromatic nitrogens is 3. The lowest BCUT2D eigenvalue weighted by Crippen LogP contribution is -2.30. The maximum Gasteiger partial charge on any atom is 0.347 e. The van der Waals surface area contributed by atoms with E-state index in [9.17, 15) is 29.4 Å². The molecule has 4 aromatic rings. The van der Waals surface area contributed by atoms with E-state index in [0.717, 1.165) is 96.3 Å². The molecule has 17 nitrogen and oxygen atoms in total. The van der Waals surface area contributed by atoms with Gasteiger partial charge in [-0.05, 0) is 115 Å². The summed E-state index contributed by atoms with van der Waals surface area (Å²) in [5.41, 5.74) is 0.557. The standard InChI is InChI=1S/C61H87N3O14/c1-9-17-21-25-29-50(58(67)71-13-5)75-42-33-36-45(48(65)39-42)55-62-56(46-37-34-43(40-49(46)66)76-51(59(68)72-14-6)30-26-22-18-10-2)64-57(63-55)47-38-35-44(77-52(60(69)73-15-7)31-27-23-19-11-3)41-54(47)78-53(61(70)74-16-8)32-28-24-20-12-4/h33-41,50-53,65-66H,9-32H2,1-8H3. The molecule has 3 aromatic carbocycles. The zero-order chi connectivity index (χ0) is 56.7. The van der Waals surface area contributed by atoms with E-state index in [4.69, 9.17) is 52.8 Å². The van der Waals surface area contributed by atoms with Gasteiger partial charge in [-0.3, -0.25) is 0 Å². The molecule has 0 aliphatic rings. The molecule has 0 saturated heterocycles. The lowest BCUT2D eigenvalue weighted by molar-refractivity contribution is -0.152. The van der Waals surface area contributed by atoms with Crippen molar-refractivity contribution in [2.75, 3.05) is 26.4 Å². The fourth-order valence-electron chi connectivity index (χ4n) is 8.66. The Balaban J connectivity index is 1.95. The molecule has 4 rings (SSSR count). The molecule has 430 valence electrons. The molecule has 0 fully saturated rings. The number of carbonyl (C=O) groups excluding carboxylic acids is 4. The van der Waals surface area contributed by atoms with Crippen LogP contribution in [0.5, 0.6) is 34.5 Å². The van der Waals surface area contributed by atoms with Gasteiger partial charge in [0, 0.05) is 18.2 Å². The maximum absolute atomic E-state index is 13.7. The number of phenols is 2. The quantitative estimate of drug-likeness (QED) is 0.0241. The smallest absolute Gasteiger partial charge is 0.347 e. The van der Waals surface area contributed by atoms with E-state index < -0.39 is 48.3 Å². The molecule has 4 unspecified atom stereocenters. The molecular weight excluding hydrogens is 999 g/mol. The number of rotatable bonds is 39. The SMILES string of the molecule is CCCCCCC(Oc1ccc(-c2nc(-c3ccc(OC(CCCCCC)C(=O)OCC)cc3O)nc(-c3ccc(OC(CCCCCC)C(=O)OCC)cc3OC(CCCCCC)C(=O)OCC)n2)c(O)c1)C(=O)OCC. The van der Waals surface area contributed by atoms with Crippen molar-refractivity contribution in [3.63, 3.8) is 0 Å². The molecule has 0 bridgehead atoms. The number of ether oxygens (including phenoxy) is 8. The summed E-state index contributed by atoms with van der Waals surface area (Å²) in [6.07, 6.45) is 12.3. The minimum absolute atomic E-state index is 0.00927. The van der Waals surface area contributed by atoms with Crippen molar-refractivity contribution in [1.82, 2.24) is 15.0 Å². The number of unbranched alkanes of at least 4 members (excludes halogenated alkanes) is 12.